The maximum atomic E-state index is 12.0. The SMILES string of the molecule is CC1(C)O[C@H]([C@H](O[Si](C)(C)C(C)(C)C)[C@H](CC=O)O[Si](C)(C)C(C)(C)C)[C@@H]([C@H]2COC(C)(C)O2)O1. The van der Waals surface area contributed by atoms with Crippen LogP contribution in [0.1, 0.15) is 75.7 Å². The van der Waals surface area contributed by atoms with E-state index in [1.165, 1.54) is 0 Å². The van der Waals surface area contributed by atoms with Crippen molar-refractivity contribution < 1.29 is 32.6 Å². The molecule has 0 aromatic heterocycles. The molecule has 206 valence electrons. The lowest BCUT2D eigenvalue weighted by molar-refractivity contribution is -0.175. The van der Waals surface area contributed by atoms with Crippen molar-refractivity contribution in [3.8, 4) is 0 Å². The van der Waals surface area contributed by atoms with Crippen molar-refractivity contribution in [2.24, 2.45) is 0 Å². The van der Waals surface area contributed by atoms with E-state index in [9.17, 15) is 4.79 Å². The summed E-state index contributed by atoms with van der Waals surface area (Å²) in [7, 11) is -4.51. The van der Waals surface area contributed by atoms with Crippen molar-refractivity contribution in [1.29, 1.82) is 0 Å². The molecule has 35 heavy (non-hydrogen) atoms. The zero-order valence-electron chi connectivity index (χ0n) is 24.7. The van der Waals surface area contributed by atoms with Crippen LogP contribution in [0.4, 0.5) is 0 Å². The van der Waals surface area contributed by atoms with Gasteiger partial charge in [0.05, 0.1) is 18.8 Å². The molecule has 2 saturated heterocycles. The maximum Gasteiger partial charge on any atom is 0.192 e. The molecule has 0 aromatic rings. The molecular formula is C26H52O7Si2. The van der Waals surface area contributed by atoms with E-state index in [1.807, 2.05) is 27.7 Å². The Morgan fingerprint density at radius 2 is 1.37 bits per heavy atom. The van der Waals surface area contributed by atoms with Crippen molar-refractivity contribution in [3.63, 3.8) is 0 Å². The molecule has 0 amide bonds. The minimum absolute atomic E-state index is 0.0200. The van der Waals surface area contributed by atoms with Gasteiger partial charge in [0.2, 0.25) is 0 Å². The lowest BCUT2D eigenvalue weighted by atomic mass is 9.98. The minimum Gasteiger partial charge on any atom is -0.411 e. The first kappa shape index (κ1) is 31.1. The molecule has 0 radical (unpaired) electrons. The molecule has 0 unspecified atom stereocenters. The smallest absolute Gasteiger partial charge is 0.192 e. The lowest BCUT2D eigenvalue weighted by Crippen LogP contribution is -2.58. The van der Waals surface area contributed by atoms with Gasteiger partial charge in [-0.25, -0.2) is 0 Å². The van der Waals surface area contributed by atoms with Crippen LogP contribution in [-0.4, -0.2) is 71.6 Å². The molecule has 0 aliphatic carbocycles. The fraction of sp³-hybridized carbons (Fsp3) is 0.962. The lowest BCUT2D eigenvalue weighted by Gasteiger charge is -2.46. The quantitative estimate of drug-likeness (QED) is 0.265. The van der Waals surface area contributed by atoms with E-state index in [0.717, 1.165) is 6.29 Å². The van der Waals surface area contributed by atoms with Crippen LogP contribution in [0.15, 0.2) is 0 Å². The van der Waals surface area contributed by atoms with Crippen molar-refractivity contribution in [2.75, 3.05) is 6.61 Å². The van der Waals surface area contributed by atoms with E-state index in [0.29, 0.717) is 6.61 Å². The molecule has 2 aliphatic rings. The Labute approximate surface area is 216 Å². The summed E-state index contributed by atoms with van der Waals surface area (Å²) >= 11 is 0. The van der Waals surface area contributed by atoms with Crippen molar-refractivity contribution in [1.82, 2.24) is 0 Å². The van der Waals surface area contributed by atoms with Crippen LogP contribution >= 0.6 is 0 Å². The Balaban J connectivity index is 2.54. The van der Waals surface area contributed by atoms with Crippen molar-refractivity contribution in [3.05, 3.63) is 0 Å². The molecule has 7 nitrogen and oxygen atoms in total. The van der Waals surface area contributed by atoms with E-state index >= 15 is 0 Å². The van der Waals surface area contributed by atoms with Gasteiger partial charge in [-0.3, -0.25) is 0 Å². The minimum atomic E-state index is -2.28. The molecule has 2 aliphatic heterocycles. The van der Waals surface area contributed by atoms with Crippen LogP contribution < -0.4 is 0 Å². The van der Waals surface area contributed by atoms with E-state index < -0.39 is 52.6 Å². The first-order valence-electron chi connectivity index (χ1n) is 13.0. The highest BCUT2D eigenvalue weighted by molar-refractivity contribution is 6.74. The first-order valence-corrected chi connectivity index (χ1v) is 18.8. The van der Waals surface area contributed by atoms with Crippen LogP contribution in [0.25, 0.3) is 0 Å². The number of hydrogen-bond donors (Lipinski definition) is 0. The highest BCUT2D eigenvalue weighted by Crippen LogP contribution is 2.45. The third-order valence-electron chi connectivity index (χ3n) is 8.07. The average Bonchev–Trinajstić information content (AvgIpc) is 3.15. The Morgan fingerprint density at radius 3 is 1.80 bits per heavy atom. The molecule has 0 N–H and O–H groups in total. The number of carbonyl (C=O) groups excluding carboxylic acids is 1. The normalized spacial score (nSPS) is 29.3. The van der Waals surface area contributed by atoms with E-state index in [-0.39, 0.29) is 22.6 Å². The van der Waals surface area contributed by atoms with Crippen LogP contribution in [0.5, 0.6) is 0 Å². The number of aldehydes is 1. The van der Waals surface area contributed by atoms with Crippen molar-refractivity contribution in [2.45, 2.75) is 154 Å². The third-order valence-corrected chi connectivity index (χ3v) is 17.0. The average molecular weight is 533 g/mol. The van der Waals surface area contributed by atoms with Crippen LogP contribution in [0.2, 0.25) is 36.3 Å². The van der Waals surface area contributed by atoms with Gasteiger partial charge in [-0.15, -0.1) is 0 Å². The molecule has 2 rings (SSSR count). The summed E-state index contributed by atoms with van der Waals surface area (Å²) in [6.07, 6.45) is -0.986. The molecular weight excluding hydrogens is 480 g/mol. The summed E-state index contributed by atoms with van der Waals surface area (Å²) in [6.45, 7) is 30.1. The number of carbonyl (C=O) groups is 1. The summed E-state index contributed by atoms with van der Waals surface area (Å²) in [5.41, 5.74) is 0. The second-order valence-electron chi connectivity index (χ2n) is 14.1. The molecule has 9 heteroatoms. The Morgan fingerprint density at radius 1 is 0.857 bits per heavy atom. The fourth-order valence-electron chi connectivity index (χ4n) is 4.01. The monoisotopic (exact) mass is 532 g/mol. The summed E-state index contributed by atoms with van der Waals surface area (Å²) in [4.78, 5) is 12.0. The Hall–Kier alpha value is -0.136. The Bertz CT molecular complexity index is 737. The summed E-state index contributed by atoms with van der Waals surface area (Å²) in [6, 6.07) is 0. The zero-order chi connectivity index (χ0) is 27.3. The highest BCUT2D eigenvalue weighted by Gasteiger charge is 2.56. The molecule has 5 atom stereocenters. The molecule has 0 aromatic carbocycles. The van der Waals surface area contributed by atoms with E-state index in [2.05, 4.69) is 67.7 Å². The topological polar surface area (TPSA) is 72.5 Å². The molecule has 0 spiro atoms. The first-order chi connectivity index (χ1) is 15.5. The van der Waals surface area contributed by atoms with Gasteiger partial charge in [0.25, 0.3) is 0 Å². The van der Waals surface area contributed by atoms with Crippen LogP contribution in [0.3, 0.4) is 0 Å². The van der Waals surface area contributed by atoms with Gasteiger partial charge in [0.15, 0.2) is 28.2 Å². The third kappa shape index (κ3) is 7.47. The number of rotatable bonds is 9. The molecule has 0 bridgehead atoms. The predicted molar refractivity (Wildman–Crippen MR) is 144 cm³/mol. The highest BCUT2D eigenvalue weighted by atomic mass is 28.4. The van der Waals surface area contributed by atoms with E-state index in [4.69, 9.17) is 27.8 Å². The van der Waals surface area contributed by atoms with E-state index in [1.54, 1.807) is 0 Å². The number of hydrogen-bond acceptors (Lipinski definition) is 7. The zero-order valence-corrected chi connectivity index (χ0v) is 26.7. The van der Waals surface area contributed by atoms with Gasteiger partial charge in [0.1, 0.15) is 24.6 Å². The summed E-state index contributed by atoms with van der Waals surface area (Å²) in [5, 5.41) is -0.0544. The van der Waals surface area contributed by atoms with Gasteiger partial charge in [0, 0.05) is 6.42 Å². The molecule has 2 fully saturated rings. The fourth-order valence-corrected chi connectivity index (χ4v) is 6.67. The molecule has 0 saturated carbocycles. The van der Waals surface area contributed by atoms with Crippen LogP contribution in [-0.2, 0) is 32.6 Å². The van der Waals surface area contributed by atoms with Gasteiger partial charge in [-0.2, -0.15) is 0 Å². The van der Waals surface area contributed by atoms with Gasteiger partial charge >= 0.3 is 0 Å². The van der Waals surface area contributed by atoms with Gasteiger partial charge in [-0.05, 0) is 64.0 Å². The molecule has 2 heterocycles. The standard InChI is InChI=1S/C26H52O7Si2/c1-23(2,3)34(11,12)32-18(15-16-27)21(33-35(13,14)24(4,5)6)22-20(30-26(9,10)31-22)19-17-28-25(7,8)29-19/h16,18-22H,15,17H2,1-14H3/t18-,19+,20+,21+,22-/m0/s1. The van der Waals surface area contributed by atoms with Crippen LogP contribution in [0, 0.1) is 0 Å². The second kappa shape index (κ2) is 10.2. The Kier molecular flexibility index (Phi) is 9.06. The summed E-state index contributed by atoms with van der Waals surface area (Å²) in [5.74, 6) is -1.52. The van der Waals surface area contributed by atoms with Gasteiger partial charge in [-0.1, -0.05) is 41.5 Å². The number of ether oxygens (including phenoxy) is 4. The van der Waals surface area contributed by atoms with Gasteiger partial charge < -0.3 is 32.6 Å². The maximum absolute atomic E-state index is 12.0. The largest absolute Gasteiger partial charge is 0.411 e. The van der Waals surface area contributed by atoms with Crippen molar-refractivity contribution >= 4 is 22.9 Å². The predicted octanol–water partition coefficient (Wildman–Crippen LogP) is 6.03. The second-order valence-corrected chi connectivity index (χ2v) is 23.6. The summed E-state index contributed by atoms with van der Waals surface area (Å²) < 4.78 is 39.0.